The van der Waals surface area contributed by atoms with E-state index in [0.29, 0.717) is 6.54 Å². The van der Waals surface area contributed by atoms with E-state index in [9.17, 15) is 14.7 Å². The Morgan fingerprint density at radius 1 is 1.59 bits per heavy atom. The summed E-state index contributed by atoms with van der Waals surface area (Å²) in [5.41, 5.74) is 5.54. The lowest BCUT2D eigenvalue weighted by atomic mass is 10.0. The van der Waals surface area contributed by atoms with E-state index in [1.165, 1.54) is 4.90 Å². The first-order valence-electron chi connectivity index (χ1n) is 5.86. The van der Waals surface area contributed by atoms with Crippen LogP contribution in [0.25, 0.3) is 0 Å². The zero-order valence-corrected chi connectivity index (χ0v) is 10.3. The molecule has 1 fully saturated rings. The standard InChI is InChI=1S/C11H20N2O4/c1-3-17-11(16)9(12)10(15)13-5-4-7(2)8(13)6-14/h7-9,14H,3-6,12H2,1-2H3. The molecule has 3 N–H and O–H groups in total. The van der Waals surface area contributed by atoms with Crippen LogP contribution in [0.2, 0.25) is 0 Å². The molecule has 0 aromatic heterocycles. The molecule has 1 aliphatic rings. The van der Waals surface area contributed by atoms with Crippen LogP contribution < -0.4 is 5.73 Å². The van der Waals surface area contributed by atoms with Crippen molar-refractivity contribution >= 4 is 11.9 Å². The molecule has 1 amide bonds. The number of amides is 1. The average molecular weight is 244 g/mol. The molecule has 3 atom stereocenters. The second kappa shape index (κ2) is 5.97. The summed E-state index contributed by atoms with van der Waals surface area (Å²) in [7, 11) is 0. The molecule has 1 aliphatic heterocycles. The largest absolute Gasteiger partial charge is 0.464 e. The van der Waals surface area contributed by atoms with Crippen molar-refractivity contribution < 1.29 is 19.4 Å². The number of rotatable bonds is 4. The molecule has 0 saturated carbocycles. The van der Waals surface area contributed by atoms with Crippen molar-refractivity contribution in [3.63, 3.8) is 0 Å². The number of esters is 1. The topological polar surface area (TPSA) is 92.9 Å². The normalized spacial score (nSPS) is 25.8. The van der Waals surface area contributed by atoms with Crippen LogP contribution in [0.5, 0.6) is 0 Å². The molecular formula is C11H20N2O4. The predicted molar refractivity (Wildman–Crippen MR) is 61.0 cm³/mol. The summed E-state index contributed by atoms with van der Waals surface area (Å²) in [6.07, 6.45) is 0.812. The van der Waals surface area contributed by atoms with Crippen molar-refractivity contribution in [1.29, 1.82) is 0 Å². The van der Waals surface area contributed by atoms with Crippen molar-refractivity contribution in [3.05, 3.63) is 0 Å². The molecule has 0 aromatic carbocycles. The minimum Gasteiger partial charge on any atom is -0.464 e. The number of aliphatic hydroxyl groups excluding tert-OH is 1. The van der Waals surface area contributed by atoms with Gasteiger partial charge in [0.2, 0.25) is 0 Å². The van der Waals surface area contributed by atoms with E-state index >= 15 is 0 Å². The Morgan fingerprint density at radius 3 is 2.76 bits per heavy atom. The molecule has 0 aliphatic carbocycles. The van der Waals surface area contributed by atoms with Crippen LogP contribution in [0.4, 0.5) is 0 Å². The molecule has 0 spiro atoms. The van der Waals surface area contributed by atoms with Crippen LogP contribution in [0, 0.1) is 5.92 Å². The van der Waals surface area contributed by atoms with Gasteiger partial charge < -0.3 is 20.5 Å². The SMILES string of the molecule is CCOC(=O)C(N)C(=O)N1CCC(C)C1CO. The summed E-state index contributed by atoms with van der Waals surface area (Å²) in [6.45, 7) is 4.23. The average Bonchev–Trinajstić information content (AvgIpc) is 2.68. The van der Waals surface area contributed by atoms with Gasteiger partial charge in [-0.05, 0) is 19.3 Å². The summed E-state index contributed by atoms with van der Waals surface area (Å²) in [5, 5.41) is 9.23. The highest BCUT2D eigenvalue weighted by Crippen LogP contribution is 2.23. The Hall–Kier alpha value is -1.14. The van der Waals surface area contributed by atoms with Gasteiger partial charge in [0.05, 0.1) is 19.3 Å². The van der Waals surface area contributed by atoms with Crippen molar-refractivity contribution in [3.8, 4) is 0 Å². The lowest BCUT2D eigenvalue weighted by Gasteiger charge is -2.27. The zero-order valence-electron chi connectivity index (χ0n) is 10.3. The minimum atomic E-state index is -1.28. The van der Waals surface area contributed by atoms with E-state index < -0.39 is 17.9 Å². The lowest BCUT2D eigenvalue weighted by Crippen LogP contribution is -2.51. The number of nitrogens with zero attached hydrogens (tertiary/aromatic N) is 1. The van der Waals surface area contributed by atoms with E-state index in [-0.39, 0.29) is 25.2 Å². The highest BCUT2D eigenvalue weighted by atomic mass is 16.5. The third-order valence-corrected chi connectivity index (χ3v) is 3.16. The lowest BCUT2D eigenvalue weighted by molar-refractivity contribution is -0.151. The van der Waals surface area contributed by atoms with Gasteiger partial charge in [-0.25, -0.2) is 4.79 Å². The molecule has 1 rings (SSSR count). The summed E-state index contributed by atoms with van der Waals surface area (Å²) < 4.78 is 4.71. The number of hydrogen-bond donors (Lipinski definition) is 2. The highest BCUT2D eigenvalue weighted by molar-refractivity contribution is 6.01. The number of carbonyl (C=O) groups is 2. The Balaban J connectivity index is 2.66. The van der Waals surface area contributed by atoms with Gasteiger partial charge >= 0.3 is 5.97 Å². The molecule has 0 bridgehead atoms. The third-order valence-electron chi connectivity index (χ3n) is 3.16. The Bertz CT molecular complexity index is 295. The fourth-order valence-electron chi connectivity index (χ4n) is 2.07. The van der Waals surface area contributed by atoms with Crippen LogP contribution in [0.15, 0.2) is 0 Å². The predicted octanol–water partition coefficient (Wildman–Crippen LogP) is -0.894. The minimum absolute atomic E-state index is 0.109. The molecule has 17 heavy (non-hydrogen) atoms. The molecule has 1 heterocycles. The van der Waals surface area contributed by atoms with Gasteiger partial charge in [-0.15, -0.1) is 0 Å². The van der Waals surface area contributed by atoms with Crippen LogP contribution in [-0.4, -0.2) is 53.7 Å². The van der Waals surface area contributed by atoms with E-state index in [4.69, 9.17) is 10.5 Å². The Labute approximate surface area is 101 Å². The quantitative estimate of drug-likeness (QED) is 0.494. The Kier molecular flexibility index (Phi) is 4.89. The van der Waals surface area contributed by atoms with Gasteiger partial charge in [0, 0.05) is 6.54 Å². The first-order chi connectivity index (χ1) is 8.02. The van der Waals surface area contributed by atoms with Crippen LogP contribution in [0.3, 0.4) is 0 Å². The Morgan fingerprint density at radius 2 is 2.24 bits per heavy atom. The second-order valence-electron chi connectivity index (χ2n) is 4.28. The molecule has 0 aromatic rings. The molecule has 98 valence electrons. The van der Waals surface area contributed by atoms with Crippen LogP contribution in [0.1, 0.15) is 20.3 Å². The van der Waals surface area contributed by atoms with Gasteiger partial charge in [0.25, 0.3) is 5.91 Å². The van der Waals surface area contributed by atoms with Crippen molar-refractivity contribution in [2.45, 2.75) is 32.4 Å². The molecular weight excluding hydrogens is 224 g/mol. The molecule has 0 radical (unpaired) electrons. The number of likely N-dealkylation sites (tertiary alicyclic amines) is 1. The second-order valence-corrected chi connectivity index (χ2v) is 4.28. The van der Waals surface area contributed by atoms with Gasteiger partial charge in [0.1, 0.15) is 0 Å². The number of ether oxygens (including phenoxy) is 1. The van der Waals surface area contributed by atoms with Crippen molar-refractivity contribution in [2.75, 3.05) is 19.8 Å². The third kappa shape index (κ3) is 2.95. The number of hydrogen-bond acceptors (Lipinski definition) is 5. The summed E-state index contributed by atoms with van der Waals surface area (Å²) >= 11 is 0. The smallest absolute Gasteiger partial charge is 0.332 e. The van der Waals surface area contributed by atoms with E-state index in [0.717, 1.165) is 6.42 Å². The fourth-order valence-corrected chi connectivity index (χ4v) is 2.07. The maximum atomic E-state index is 12.0. The van der Waals surface area contributed by atoms with Gasteiger partial charge in [-0.3, -0.25) is 4.79 Å². The first kappa shape index (κ1) is 13.9. The maximum absolute atomic E-state index is 12.0. The van der Waals surface area contributed by atoms with E-state index in [2.05, 4.69) is 0 Å². The zero-order chi connectivity index (χ0) is 13.0. The first-order valence-corrected chi connectivity index (χ1v) is 5.86. The molecule has 3 unspecified atom stereocenters. The van der Waals surface area contributed by atoms with E-state index in [1.807, 2.05) is 6.92 Å². The number of nitrogens with two attached hydrogens (primary N) is 1. The van der Waals surface area contributed by atoms with E-state index in [1.54, 1.807) is 6.92 Å². The molecule has 6 heteroatoms. The number of aliphatic hydroxyl groups is 1. The van der Waals surface area contributed by atoms with Crippen molar-refractivity contribution in [2.24, 2.45) is 11.7 Å². The van der Waals surface area contributed by atoms with Gasteiger partial charge in [-0.1, -0.05) is 6.92 Å². The van der Waals surface area contributed by atoms with Crippen LogP contribution >= 0.6 is 0 Å². The fraction of sp³-hybridized carbons (Fsp3) is 0.818. The highest BCUT2D eigenvalue weighted by Gasteiger charge is 2.38. The molecule has 6 nitrogen and oxygen atoms in total. The van der Waals surface area contributed by atoms with Crippen LogP contribution in [-0.2, 0) is 14.3 Å². The van der Waals surface area contributed by atoms with Gasteiger partial charge in [0.15, 0.2) is 6.04 Å². The van der Waals surface area contributed by atoms with Crippen molar-refractivity contribution in [1.82, 2.24) is 4.90 Å². The van der Waals surface area contributed by atoms with Gasteiger partial charge in [-0.2, -0.15) is 0 Å². The maximum Gasteiger partial charge on any atom is 0.332 e. The number of carbonyl (C=O) groups excluding carboxylic acids is 2. The molecule has 1 saturated heterocycles. The summed E-state index contributed by atoms with van der Waals surface area (Å²) in [5.74, 6) is -0.959. The summed E-state index contributed by atoms with van der Waals surface area (Å²) in [6, 6.07) is -1.53. The summed E-state index contributed by atoms with van der Waals surface area (Å²) in [4.78, 5) is 24.8. The monoisotopic (exact) mass is 244 g/mol.